The van der Waals surface area contributed by atoms with Crippen molar-refractivity contribution in [2.45, 2.75) is 123 Å². The number of benzene rings is 2. The third-order valence-electron chi connectivity index (χ3n) is 14.8. The number of esters is 2. The van der Waals surface area contributed by atoms with E-state index in [0.717, 1.165) is 54.7 Å². The van der Waals surface area contributed by atoms with Crippen LogP contribution in [0.5, 0.6) is 0 Å². The van der Waals surface area contributed by atoms with Crippen molar-refractivity contribution in [2.24, 2.45) is 39.6 Å². The van der Waals surface area contributed by atoms with E-state index in [1.807, 2.05) is 43.7 Å². The molecule has 7 atom stereocenters. The molecule has 2 aliphatic carbocycles. The van der Waals surface area contributed by atoms with Crippen LogP contribution in [0.15, 0.2) is 58.8 Å². The van der Waals surface area contributed by atoms with Gasteiger partial charge in [0.1, 0.15) is 0 Å². The van der Waals surface area contributed by atoms with Crippen molar-refractivity contribution in [1.29, 1.82) is 0 Å². The number of carbonyl (C=O) groups is 4. The van der Waals surface area contributed by atoms with E-state index in [1.54, 1.807) is 0 Å². The Balaban J connectivity index is 0.968. The number of nitrogens with zero attached hydrogens (tertiary/aromatic N) is 4. The highest BCUT2D eigenvalue weighted by Gasteiger charge is 2.47. The molecule has 2 bridgehead atoms. The molecule has 0 radical (unpaired) electrons. The minimum atomic E-state index is -0.404. The number of rotatable bonds is 13. The monoisotopic (exact) mass is 814 g/mol. The fourth-order valence-electron chi connectivity index (χ4n) is 11.4. The molecule has 2 aromatic carbocycles. The maximum Gasteiger partial charge on any atom is 0.306 e. The second-order valence-corrected chi connectivity index (χ2v) is 18.8. The maximum atomic E-state index is 13.9. The number of ether oxygens (including phenoxy) is 2. The van der Waals surface area contributed by atoms with Crippen LogP contribution in [0.4, 0.5) is 0 Å². The van der Waals surface area contributed by atoms with Crippen molar-refractivity contribution in [2.75, 3.05) is 27.3 Å². The van der Waals surface area contributed by atoms with Gasteiger partial charge in [-0.3, -0.25) is 29.2 Å². The smallest absolute Gasteiger partial charge is 0.306 e. The van der Waals surface area contributed by atoms with Crippen molar-refractivity contribution in [3.05, 3.63) is 71.1 Å². The number of fused-ring (bicyclic) bond motifs is 5. The van der Waals surface area contributed by atoms with Crippen LogP contribution in [0.25, 0.3) is 22.3 Å². The lowest BCUT2D eigenvalue weighted by Crippen LogP contribution is -2.45. The third kappa shape index (κ3) is 7.68. The minimum absolute atomic E-state index is 0.0259. The predicted molar refractivity (Wildman–Crippen MR) is 235 cm³/mol. The van der Waals surface area contributed by atoms with Crippen LogP contribution in [0.2, 0.25) is 0 Å². The lowest BCUT2D eigenvalue weighted by molar-refractivity contribution is -0.148. The van der Waals surface area contributed by atoms with E-state index >= 15 is 0 Å². The molecular formula is C50H62N4O6. The summed E-state index contributed by atoms with van der Waals surface area (Å²) in [5, 5.41) is 0. The first-order valence-electron chi connectivity index (χ1n) is 22.4. The summed E-state index contributed by atoms with van der Waals surface area (Å²) in [5.41, 5.74) is 12.5. The first-order chi connectivity index (χ1) is 28.9. The quantitative estimate of drug-likeness (QED) is 0.186. The van der Waals surface area contributed by atoms with Gasteiger partial charge in [0.05, 0.1) is 51.0 Å². The van der Waals surface area contributed by atoms with Gasteiger partial charge in [-0.15, -0.1) is 0 Å². The standard InChI is InChI=1S/C50H62N4O6/c1-28(2)39(24-45(55)59-6)49(57)53-20-8-10-43(53)41-22-33(26-51-41)31-12-14-32(15-13-31)37-18-19-38(48-36-17-16-35(30(36)5)47(37)48)34-23-42(52-27-34)44-11-9-21-54(44)50(58)40(29(3)4)25-46(56)60-7/h12-15,18-19,26-30,35-36,39-40,43-44H,8-11,16-17,20-25H2,1-7H3/t30?,35?,36?,39-,40+,43-,44-/m0/s1. The Morgan fingerprint density at radius 1 is 0.633 bits per heavy atom. The van der Waals surface area contributed by atoms with Crippen LogP contribution < -0.4 is 0 Å². The number of allylic oxidation sites excluding steroid dienone is 2. The van der Waals surface area contributed by atoms with E-state index in [9.17, 15) is 19.2 Å². The molecule has 3 unspecified atom stereocenters. The van der Waals surface area contributed by atoms with Crippen LogP contribution in [0, 0.1) is 29.6 Å². The van der Waals surface area contributed by atoms with E-state index in [4.69, 9.17) is 19.5 Å². The van der Waals surface area contributed by atoms with Crippen molar-refractivity contribution in [1.82, 2.24) is 9.80 Å². The fourth-order valence-corrected chi connectivity index (χ4v) is 11.4. The van der Waals surface area contributed by atoms with E-state index < -0.39 is 11.8 Å². The molecule has 318 valence electrons. The fraction of sp³-hybridized carbons (Fsp3) is 0.560. The molecule has 10 nitrogen and oxygen atoms in total. The van der Waals surface area contributed by atoms with Gasteiger partial charge in [-0.25, -0.2) is 0 Å². The predicted octanol–water partition coefficient (Wildman–Crippen LogP) is 8.99. The first-order valence-corrected chi connectivity index (χ1v) is 22.4. The SMILES string of the molecule is COC(=O)C[C@H](C(=O)N1CCC[C@H]1C1=NC=C(c2ccc(-c3ccc(C4=CN=C([C@@H]5CCCN5C(=O)[C@H](CC(=O)OC)C(C)C)C4)c4c3C3CCC4C3C)cc2)C1)C(C)C. The number of carbonyl (C=O) groups excluding carboxylic acids is 4. The van der Waals surface area contributed by atoms with Gasteiger partial charge in [-0.05, 0) is 113 Å². The molecule has 60 heavy (non-hydrogen) atoms. The van der Waals surface area contributed by atoms with E-state index in [1.165, 1.54) is 60.5 Å². The highest BCUT2D eigenvalue weighted by molar-refractivity contribution is 6.05. The van der Waals surface area contributed by atoms with Gasteiger partial charge in [0.2, 0.25) is 11.8 Å². The van der Waals surface area contributed by atoms with Crippen LogP contribution in [-0.2, 0) is 28.7 Å². The van der Waals surface area contributed by atoms with Gasteiger partial charge < -0.3 is 19.3 Å². The molecule has 8 rings (SSSR count). The molecule has 6 aliphatic rings. The zero-order valence-electron chi connectivity index (χ0n) is 36.5. The molecule has 0 aromatic heterocycles. The second kappa shape index (κ2) is 17.3. The molecule has 4 heterocycles. The Morgan fingerprint density at radius 3 is 1.58 bits per heavy atom. The lowest BCUT2D eigenvalue weighted by Gasteiger charge is -2.30. The molecule has 0 spiro atoms. The summed E-state index contributed by atoms with van der Waals surface area (Å²) in [6.45, 7) is 11.8. The summed E-state index contributed by atoms with van der Waals surface area (Å²) in [6, 6.07) is 13.5. The third-order valence-corrected chi connectivity index (χ3v) is 14.8. The molecule has 1 saturated carbocycles. The summed E-state index contributed by atoms with van der Waals surface area (Å²) in [4.78, 5) is 65.9. The Morgan fingerprint density at radius 2 is 1.08 bits per heavy atom. The van der Waals surface area contributed by atoms with Gasteiger partial charge in [0.15, 0.2) is 0 Å². The van der Waals surface area contributed by atoms with Crippen molar-refractivity contribution in [3.8, 4) is 11.1 Å². The summed E-state index contributed by atoms with van der Waals surface area (Å²) >= 11 is 0. The summed E-state index contributed by atoms with van der Waals surface area (Å²) < 4.78 is 9.86. The average Bonchev–Trinajstić information content (AvgIpc) is 4.12. The van der Waals surface area contributed by atoms with Crippen molar-refractivity contribution in [3.63, 3.8) is 0 Å². The average molecular weight is 815 g/mol. The molecular weight excluding hydrogens is 753 g/mol. The first kappa shape index (κ1) is 41.9. The maximum absolute atomic E-state index is 13.9. The van der Waals surface area contributed by atoms with Gasteiger partial charge in [0.25, 0.3) is 0 Å². The zero-order valence-corrected chi connectivity index (χ0v) is 36.5. The summed E-state index contributed by atoms with van der Waals surface area (Å²) in [5.74, 6) is 0.268. The Labute approximate surface area is 355 Å². The number of hydrogen-bond donors (Lipinski definition) is 0. The molecule has 2 amide bonds. The van der Waals surface area contributed by atoms with Gasteiger partial charge in [-0.1, -0.05) is 71.0 Å². The largest absolute Gasteiger partial charge is 0.469 e. The molecule has 4 aliphatic heterocycles. The number of likely N-dealkylation sites (tertiary alicyclic amines) is 2. The van der Waals surface area contributed by atoms with Crippen molar-refractivity contribution >= 4 is 46.3 Å². The molecule has 10 heteroatoms. The topological polar surface area (TPSA) is 118 Å². The minimum Gasteiger partial charge on any atom is -0.469 e. The molecule has 0 N–H and O–H groups in total. The van der Waals surface area contributed by atoms with E-state index in [-0.39, 0.29) is 60.5 Å². The summed E-state index contributed by atoms with van der Waals surface area (Å²) in [6.07, 6.45) is 11.7. The van der Waals surface area contributed by atoms with Crippen LogP contribution in [-0.4, -0.2) is 84.4 Å². The van der Waals surface area contributed by atoms with E-state index in [2.05, 4.69) is 49.5 Å². The zero-order chi connectivity index (χ0) is 42.4. The number of aliphatic imine (C=N–C) groups is 2. The Kier molecular flexibility index (Phi) is 12.0. The lowest BCUT2D eigenvalue weighted by atomic mass is 9.80. The van der Waals surface area contributed by atoms with Crippen LogP contribution in [0.1, 0.15) is 133 Å². The van der Waals surface area contributed by atoms with Crippen LogP contribution in [0.3, 0.4) is 0 Å². The summed E-state index contributed by atoms with van der Waals surface area (Å²) in [7, 11) is 2.76. The highest BCUT2D eigenvalue weighted by Crippen LogP contribution is 2.61. The van der Waals surface area contributed by atoms with E-state index in [0.29, 0.717) is 37.3 Å². The Hall–Kier alpha value is -4.86. The molecule has 2 saturated heterocycles. The second-order valence-electron chi connectivity index (χ2n) is 18.8. The normalized spacial score (nSPS) is 25.3. The number of hydrogen-bond acceptors (Lipinski definition) is 8. The van der Waals surface area contributed by atoms with Gasteiger partial charge in [0, 0.05) is 49.8 Å². The number of methoxy groups -OCH3 is 2. The Bertz CT molecular complexity index is 2160. The highest BCUT2D eigenvalue weighted by atomic mass is 16.5. The molecule has 2 aromatic rings. The number of amides is 2. The van der Waals surface area contributed by atoms with Crippen LogP contribution >= 0.6 is 0 Å². The van der Waals surface area contributed by atoms with Gasteiger partial charge >= 0.3 is 11.9 Å². The van der Waals surface area contributed by atoms with Crippen molar-refractivity contribution < 1.29 is 28.7 Å². The van der Waals surface area contributed by atoms with Gasteiger partial charge in [-0.2, -0.15) is 0 Å². The molecule has 3 fully saturated rings.